The Bertz CT molecular complexity index is 800. The summed E-state index contributed by atoms with van der Waals surface area (Å²) >= 11 is 0. The van der Waals surface area contributed by atoms with Crippen LogP contribution in [0, 0.1) is 13.8 Å². The normalized spacial score (nSPS) is 18.2. The van der Waals surface area contributed by atoms with Crippen molar-refractivity contribution in [2.45, 2.75) is 39.7 Å². The van der Waals surface area contributed by atoms with Crippen LogP contribution in [0.3, 0.4) is 0 Å². The van der Waals surface area contributed by atoms with E-state index in [2.05, 4.69) is 52.6 Å². The number of anilines is 1. The van der Waals surface area contributed by atoms with Crippen LogP contribution in [0.5, 0.6) is 0 Å². The molecule has 2 aliphatic rings. The number of hydrogen-bond acceptors (Lipinski definition) is 3. The fourth-order valence-corrected chi connectivity index (χ4v) is 4.20. The van der Waals surface area contributed by atoms with Crippen molar-refractivity contribution in [1.29, 1.82) is 0 Å². The number of benzene rings is 1. The monoisotopic (exact) mass is 351 g/mol. The van der Waals surface area contributed by atoms with E-state index in [-0.39, 0.29) is 0 Å². The second-order valence-corrected chi connectivity index (χ2v) is 7.74. The van der Waals surface area contributed by atoms with Crippen LogP contribution >= 0.6 is 0 Å². The largest absolute Gasteiger partial charge is 0.369 e. The third-order valence-corrected chi connectivity index (χ3v) is 6.08. The van der Waals surface area contributed by atoms with E-state index >= 15 is 0 Å². The molecule has 0 saturated carbocycles. The Morgan fingerprint density at radius 3 is 2.50 bits per heavy atom. The van der Waals surface area contributed by atoms with E-state index in [4.69, 9.17) is 0 Å². The van der Waals surface area contributed by atoms with Crippen molar-refractivity contribution in [3.63, 3.8) is 0 Å². The molecule has 0 bridgehead atoms. The molecule has 4 rings (SSSR count). The highest BCUT2D eigenvalue weighted by Crippen LogP contribution is 2.23. The van der Waals surface area contributed by atoms with Crippen LogP contribution in [0.4, 0.5) is 5.69 Å². The van der Waals surface area contributed by atoms with Crippen molar-refractivity contribution in [2.75, 3.05) is 37.6 Å². The molecule has 2 aromatic rings. The number of aryl methyl sites for hydroxylation is 2. The first kappa shape index (κ1) is 17.3. The Morgan fingerprint density at radius 2 is 1.73 bits per heavy atom. The van der Waals surface area contributed by atoms with Crippen LogP contribution in [0.15, 0.2) is 30.5 Å². The van der Waals surface area contributed by atoms with Gasteiger partial charge in [-0.1, -0.05) is 6.07 Å². The quantitative estimate of drug-likeness (QED) is 0.845. The highest BCUT2D eigenvalue weighted by molar-refractivity contribution is 5.98. The molecule has 1 saturated heterocycles. The summed E-state index contributed by atoms with van der Waals surface area (Å²) in [6.07, 6.45) is 4.88. The van der Waals surface area contributed by atoms with Gasteiger partial charge in [0, 0.05) is 68.8 Å². The van der Waals surface area contributed by atoms with Gasteiger partial charge >= 0.3 is 0 Å². The average Bonchev–Trinajstić information content (AvgIpc) is 3.07. The Morgan fingerprint density at radius 1 is 0.923 bits per heavy atom. The van der Waals surface area contributed by atoms with Crippen molar-refractivity contribution >= 4 is 11.5 Å². The zero-order valence-corrected chi connectivity index (χ0v) is 16.0. The first-order chi connectivity index (χ1) is 12.6. The molecule has 4 nitrogen and oxygen atoms in total. The Hall–Kier alpha value is -2.07. The summed E-state index contributed by atoms with van der Waals surface area (Å²) in [5.41, 5.74) is 6.31. The van der Waals surface area contributed by atoms with Crippen LogP contribution in [-0.2, 0) is 13.0 Å². The molecule has 1 fully saturated rings. The summed E-state index contributed by atoms with van der Waals surface area (Å²) in [6, 6.07) is 8.82. The van der Waals surface area contributed by atoms with Crippen LogP contribution < -0.4 is 4.90 Å². The molecule has 4 heteroatoms. The maximum Gasteiger partial charge on any atom is 0.164 e. The van der Waals surface area contributed by atoms with Gasteiger partial charge in [0.25, 0.3) is 0 Å². The Kier molecular flexibility index (Phi) is 4.86. The zero-order chi connectivity index (χ0) is 18.1. The number of fused-ring (bicyclic) bond motifs is 1. The SMILES string of the molecule is Cc1ccc(N2CCN(CCn3ccc4c3CCCC4=O)CC2)cc1C. The number of ketones is 1. The summed E-state index contributed by atoms with van der Waals surface area (Å²) in [7, 11) is 0. The van der Waals surface area contributed by atoms with Gasteiger partial charge in [0.05, 0.1) is 0 Å². The molecular weight excluding hydrogens is 322 g/mol. The number of aromatic nitrogens is 1. The van der Waals surface area contributed by atoms with Crippen LogP contribution in [0.1, 0.15) is 40.0 Å². The molecule has 138 valence electrons. The average molecular weight is 351 g/mol. The van der Waals surface area contributed by atoms with E-state index < -0.39 is 0 Å². The van der Waals surface area contributed by atoms with Gasteiger partial charge in [-0.25, -0.2) is 0 Å². The Labute approximate surface area is 156 Å². The molecular formula is C22H29N3O. The van der Waals surface area contributed by atoms with Gasteiger partial charge in [-0.2, -0.15) is 0 Å². The standard InChI is InChI=1S/C22H29N3O/c1-17-6-7-19(16-18(17)2)24-13-10-23(11-14-24)12-15-25-9-8-20-21(25)4-3-5-22(20)26/h6-9,16H,3-5,10-15H2,1-2H3. The predicted octanol–water partition coefficient (Wildman–Crippen LogP) is 3.45. The minimum absolute atomic E-state index is 0.326. The van der Waals surface area contributed by atoms with Crippen molar-refractivity contribution < 1.29 is 4.79 Å². The van der Waals surface area contributed by atoms with Crippen molar-refractivity contribution in [2.24, 2.45) is 0 Å². The molecule has 26 heavy (non-hydrogen) atoms. The Balaban J connectivity index is 1.32. The van der Waals surface area contributed by atoms with Gasteiger partial charge in [-0.15, -0.1) is 0 Å². The molecule has 0 amide bonds. The van der Waals surface area contributed by atoms with Gasteiger partial charge in [-0.3, -0.25) is 9.69 Å². The van der Waals surface area contributed by atoms with E-state index in [0.29, 0.717) is 5.78 Å². The molecule has 1 aromatic carbocycles. The number of hydrogen-bond donors (Lipinski definition) is 0. The molecule has 1 aromatic heterocycles. The zero-order valence-electron chi connectivity index (χ0n) is 16.0. The minimum Gasteiger partial charge on any atom is -0.369 e. The summed E-state index contributed by atoms with van der Waals surface area (Å²) in [4.78, 5) is 17.0. The van der Waals surface area contributed by atoms with E-state index in [1.807, 2.05) is 6.07 Å². The molecule has 2 heterocycles. The molecule has 0 unspecified atom stereocenters. The lowest BCUT2D eigenvalue weighted by atomic mass is 9.97. The van der Waals surface area contributed by atoms with E-state index in [1.165, 1.54) is 22.5 Å². The summed E-state index contributed by atoms with van der Waals surface area (Å²) in [6.45, 7) is 10.8. The van der Waals surface area contributed by atoms with Gasteiger partial charge in [0.1, 0.15) is 0 Å². The molecule has 0 N–H and O–H groups in total. The second kappa shape index (κ2) is 7.28. The third kappa shape index (κ3) is 3.43. The maximum absolute atomic E-state index is 12.0. The second-order valence-electron chi connectivity index (χ2n) is 7.74. The topological polar surface area (TPSA) is 28.5 Å². The summed E-state index contributed by atoms with van der Waals surface area (Å²) in [5, 5.41) is 0. The maximum atomic E-state index is 12.0. The van der Waals surface area contributed by atoms with Crippen LogP contribution in [0.25, 0.3) is 0 Å². The van der Waals surface area contributed by atoms with E-state index in [9.17, 15) is 4.79 Å². The molecule has 1 aliphatic heterocycles. The van der Waals surface area contributed by atoms with Crippen LogP contribution in [-0.4, -0.2) is 48.0 Å². The van der Waals surface area contributed by atoms with E-state index in [0.717, 1.165) is 64.1 Å². The number of Topliss-reactive ketones (excluding diaryl/α,β-unsaturated/α-hetero) is 1. The number of piperazine rings is 1. The number of carbonyl (C=O) groups excluding carboxylic acids is 1. The highest BCUT2D eigenvalue weighted by Gasteiger charge is 2.21. The first-order valence-electron chi connectivity index (χ1n) is 9.87. The summed E-state index contributed by atoms with van der Waals surface area (Å²) in [5.74, 6) is 0.326. The molecule has 0 atom stereocenters. The molecule has 1 aliphatic carbocycles. The third-order valence-electron chi connectivity index (χ3n) is 6.08. The summed E-state index contributed by atoms with van der Waals surface area (Å²) < 4.78 is 2.31. The van der Waals surface area contributed by atoms with Gasteiger partial charge in [0.2, 0.25) is 0 Å². The number of carbonyl (C=O) groups is 1. The van der Waals surface area contributed by atoms with Crippen molar-refractivity contribution in [3.05, 3.63) is 52.8 Å². The predicted molar refractivity (Wildman–Crippen MR) is 106 cm³/mol. The lowest BCUT2D eigenvalue weighted by Crippen LogP contribution is -2.47. The van der Waals surface area contributed by atoms with Crippen LogP contribution in [0.2, 0.25) is 0 Å². The van der Waals surface area contributed by atoms with E-state index in [1.54, 1.807) is 0 Å². The van der Waals surface area contributed by atoms with Gasteiger partial charge < -0.3 is 9.47 Å². The van der Waals surface area contributed by atoms with Gasteiger partial charge in [0.15, 0.2) is 5.78 Å². The lowest BCUT2D eigenvalue weighted by Gasteiger charge is -2.36. The lowest BCUT2D eigenvalue weighted by molar-refractivity contribution is 0.0971. The molecule has 0 spiro atoms. The van der Waals surface area contributed by atoms with Gasteiger partial charge in [-0.05, 0) is 56.0 Å². The van der Waals surface area contributed by atoms with Crippen molar-refractivity contribution in [3.8, 4) is 0 Å². The fourth-order valence-electron chi connectivity index (χ4n) is 4.20. The first-order valence-corrected chi connectivity index (χ1v) is 9.87. The van der Waals surface area contributed by atoms with Crippen molar-refractivity contribution in [1.82, 2.24) is 9.47 Å². The molecule has 0 radical (unpaired) electrons. The number of rotatable bonds is 4. The smallest absolute Gasteiger partial charge is 0.164 e. The number of nitrogens with zero attached hydrogens (tertiary/aromatic N) is 3. The fraction of sp³-hybridized carbons (Fsp3) is 0.500. The minimum atomic E-state index is 0.326. The highest BCUT2D eigenvalue weighted by atomic mass is 16.1.